The van der Waals surface area contributed by atoms with E-state index >= 15 is 0 Å². The maximum atomic E-state index is 11.1. The highest BCUT2D eigenvalue weighted by Gasteiger charge is 2.14. The number of ether oxygens (including phenoxy) is 1. The summed E-state index contributed by atoms with van der Waals surface area (Å²) < 4.78 is 6.48. The van der Waals surface area contributed by atoms with Gasteiger partial charge in [-0.3, -0.25) is 4.68 Å². The van der Waals surface area contributed by atoms with Crippen LogP contribution in [0.15, 0.2) is 42.6 Å². The molecule has 0 spiro atoms. The Hall–Kier alpha value is -3.42. The summed E-state index contributed by atoms with van der Waals surface area (Å²) in [6.45, 7) is 0. The van der Waals surface area contributed by atoms with Crippen molar-refractivity contribution in [1.82, 2.24) is 19.7 Å². The third kappa shape index (κ3) is 3.17. The summed E-state index contributed by atoms with van der Waals surface area (Å²) in [6, 6.07) is 10.5. The van der Waals surface area contributed by atoms with Crippen molar-refractivity contribution in [2.75, 3.05) is 12.4 Å². The molecule has 24 heavy (non-hydrogen) atoms. The van der Waals surface area contributed by atoms with Crippen molar-refractivity contribution in [2.24, 2.45) is 7.05 Å². The second-order valence-corrected chi connectivity index (χ2v) is 4.97. The van der Waals surface area contributed by atoms with Crippen LogP contribution in [0.25, 0.3) is 11.4 Å². The average Bonchev–Trinajstić information content (AvgIpc) is 2.97. The van der Waals surface area contributed by atoms with Crippen molar-refractivity contribution in [3.63, 3.8) is 0 Å². The highest BCUT2D eigenvalue weighted by Crippen LogP contribution is 2.21. The standard InChI is InChI=1S/C16H15N5O3/c1-21-14(15(22)23)9-13(20-21)12-6-7-17-16(19-12)18-10-4-3-5-11(8-10)24-2/h3-9H,1-2H3,(H,22,23)(H,17,18,19). The zero-order valence-corrected chi connectivity index (χ0v) is 13.1. The maximum absolute atomic E-state index is 11.1. The molecule has 0 aliphatic rings. The molecule has 8 nitrogen and oxygen atoms in total. The second kappa shape index (κ2) is 6.37. The van der Waals surface area contributed by atoms with Gasteiger partial charge in [-0.1, -0.05) is 6.07 Å². The fourth-order valence-electron chi connectivity index (χ4n) is 2.18. The number of rotatable bonds is 5. The van der Waals surface area contributed by atoms with Gasteiger partial charge >= 0.3 is 5.97 Å². The number of methoxy groups -OCH3 is 1. The lowest BCUT2D eigenvalue weighted by molar-refractivity contribution is 0.0685. The van der Waals surface area contributed by atoms with Crippen LogP contribution in [0.1, 0.15) is 10.5 Å². The first-order chi connectivity index (χ1) is 11.6. The van der Waals surface area contributed by atoms with Crippen molar-refractivity contribution < 1.29 is 14.6 Å². The first-order valence-corrected chi connectivity index (χ1v) is 7.08. The fourth-order valence-corrected chi connectivity index (χ4v) is 2.18. The van der Waals surface area contributed by atoms with Crippen LogP contribution < -0.4 is 10.1 Å². The van der Waals surface area contributed by atoms with Crippen LogP contribution in [-0.2, 0) is 7.05 Å². The van der Waals surface area contributed by atoms with Gasteiger partial charge in [0.05, 0.1) is 12.8 Å². The molecule has 0 saturated carbocycles. The summed E-state index contributed by atoms with van der Waals surface area (Å²) in [6.07, 6.45) is 1.58. The molecule has 1 aromatic carbocycles. The van der Waals surface area contributed by atoms with E-state index in [2.05, 4.69) is 20.4 Å². The first-order valence-electron chi connectivity index (χ1n) is 7.08. The molecule has 0 atom stereocenters. The van der Waals surface area contributed by atoms with Crippen LogP contribution in [0.5, 0.6) is 5.75 Å². The molecule has 122 valence electrons. The number of aryl methyl sites for hydroxylation is 1. The monoisotopic (exact) mass is 325 g/mol. The number of hydrogen-bond donors (Lipinski definition) is 2. The van der Waals surface area contributed by atoms with Gasteiger partial charge in [0.25, 0.3) is 0 Å². The molecular formula is C16H15N5O3. The van der Waals surface area contributed by atoms with Gasteiger partial charge in [-0.05, 0) is 18.2 Å². The molecule has 0 radical (unpaired) electrons. The Morgan fingerprint density at radius 1 is 1.25 bits per heavy atom. The minimum absolute atomic E-state index is 0.0888. The van der Waals surface area contributed by atoms with Crippen LogP contribution in [0.4, 0.5) is 11.6 Å². The molecule has 0 aliphatic heterocycles. The third-order valence-electron chi connectivity index (χ3n) is 3.34. The average molecular weight is 325 g/mol. The number of carbonyl (C=O) groups is 1. The first kappa shape index (κ1) is 15.5. The Kier molecular flexibility index (Phi) is 4.11. The number of nitrogens with one attached hydrogen (secondary N) is 1. The number of benzene rings is 1. The van der Waals surface area contributed by atoms with Gasteiger partial charge in [0, 0.05) is 31.1 Å². The lowest BCUT2D eigenvalue weighted by atomic mass is 10.2. The Morgan fingerprint density at radius 3 is 2.79 bits per heavy atom. The predicted molar refractivity (Wildman–Crippen MR) is 87.5 cm³/mol. The minimum Gasteiger partial charge on any atom is -0.497 e. The number of anilines is 2. The predicted octanol–water partition coefficient (Wildman–Crippen LogP) is 2.33. The van der Waals surface area contributed by atoms with Gasteiger partial charge in [0.2, 0.25) is 5.95 Å². The normalized spacial score (nSPS) is 10.4. The van der Waals surface area contributed by atoms with Crippen LogP contribution >= 0.6 is 0 Å². The molecule has 0 fully saturated rings. The van der Waals surface area contributed by atoms with E-state index in [1.165, 1.54) is 10.7 Å². The number of aromatic carboxylic acids is 1. The number of hydrogen-bond acceptors (Lipinski definition) is 6. The molecule has 2 aromatic heterocycles. The van der Waals surface area contributed by atoms with Crippen LogP contribution in [0.3, 0.4) is 0 Å². The van der Waals surface area contributed by atoms with E-state index in [0.29, 0.717) is 23.1 Å². The summed E-state index contributed by atoms with van der Waals surface area (Å²) >= 11 is 0. The summed E-state index contributed by atoms with van der Waals surface area (Å²) in [5.74, 6) is 0.0512. The Balaban J connectivity index is 1.89. The Bertz CT molecular complexity index is 891. The van der Waals surface area contributed by atoms with E-state index in [1.807, 2.05) is 24.3 Å². The zero-order chi connectivity index (χ0) is 17.1. The van der Waals surface area contributed by atoms with Crippen molar-refractivity contribution in [3.8, 4) is 17.1 Å². The van der Waals surface area contributed by atoms with E-state index in [9.17, 15) is 4.79 Å². The molecular weight excluding hydrogens is 310 g/mol. The molecule has 0 unspecified atom stereocenters. The van der Waals surface area contributed by atoms with E-state index < -0.39 is 5.97 Å². The second-order valence-electron chi connectivity index (χ2n) is 4.97. The summed E-state index contributed by atoms with van der Waals surface area (Å²) in [7, 11) is 3.17. The molecule has 0 saturated heterocycles. The lowest BCUT2D eigenvalue weighted by Crippen LogP contribution is -2.04. The third-order valence-corrected chi connectivity index (χ3v) is 3.34. The van der Waals surface area contributed by atoms with E-state index in [-0.39, 0.29) is 5.69 Å². The zero-order valence-electron chi connectivity index (χ0n) is 13.1. The van der Waals surface area contributed by atoms with Crippen molar-refractivity contribution in [3.05, 3.63) is 48.3 Å². The quantitative estimate of drug-likeness (QED) is 0.742. The van der Waals surface area contributed by atoms with Crippen molar-refractivity contribution in [1.29, 1.82) is 0 Å². The highest BCUT2D eigenvalue weighted by atomic mass is 16.5. The molecule has 0 amide bonds. The topological polar surface area (TPSA) is 102 Å². The minimum atomic E-state index is -1.04. The molecule has 0 aliphatic carbocycles. The summed E-state index contributed by atoms with van der Waals surface area (Å²) in [4.78, 5) is 19.7. The highest BCUT2D eigenvalue weighted by molar-refractivity contribution is 5.87. The van der Waals surface area contributed by atoms with E-state index in [0.717, 1.165) is 5.69 Å². The number of aromatic nitrogens is 4. The van der Waals surface area contributed by atoms with Crippen LogP contribution in [0.2, 0.25) is 0 Å². The van der Waals surface area contributed by atoms with E-state index in [1.54, 1.807) is 26.4 Å². The van der Waals surface area contributed by atoms with Gasteiger partial charge in [-0.15, -0.1) is 0 Å². The summed E-state index contributed by atoms with van der Waals surface area (Å²) in [5, 5.41) is 16.4. The van der Waals surface area contributed by atoms with Crippen LogP contribution in [-0.4, -0.2) is 37.9 Å². The molecule has 3 aromatic rings. The SMILES string of the molecule is COc1cccc(Nc2nccc(-c3cc(C(=O)O)n(C)n3)n2)c1. The number of carboxylic acid groups (broad SMARTS) is 1. The van der Waals surface area contributed by atoms with Crippen molar-refractivity contribution in [2.45, 2.75) is 0 Å². The number of nitrogens with zero attached hydrogens (tertiary/aromatic N) is 4. The smallest absolute Gasteiger partial charge is 0.354 e. The van der Waals surface area contributed by atoms with Gasteiger partial charge < -0.3 is 15.2 Å². The van der Waals surface area contributed by atoms with Gasteiger partial charge in [-0.2, -0.15) is 5.10 Å². The number of carboxylic acids is 1. The van der Waals surface area contributed by atoms with E-state index in [4.69, 9.17) is 9.84 Å². The maximum Gasteiger partial charge on any atom is 0.354 e. The lowest BCUT2D eigenvalue weighted by Gasteiger charge is -2.07. The molecule has 8 heteroatoms. The van der Waals surface area contributed by atoms with Crippen LogP contribution in [0, 0.1) is 0 Å². The molecule has 2 N–H and O–H groups in total. The largest absolute Gasteiger partial charge is 0.497 e. The van der Waals surface area contributed by atoms with Gasteiger partial charge in [0.15, 0.2) is 0 Å². The Morgan fingerprint density at radius 2 is 2.08 bits per heavy atom. The van der Waals surface area contributed by atoms with Gasteiger partial charge in [-0.25, -0.2) is 14.8 Å². The van der Waals surface area contributed by atoms with Crippen molar-refractivity contribution >= 4 is 17.6 Å². The molecule has 2 heterocycles. The van der Waals surface area contributed by atoms with Gasteiger partial charge in [0.1, 0.15) is 17.1 Å². The Labute approximate surface area is 137 Å². The fraction of sp³-hybridized carbons (Fsp3) is 0.125. The molecule has 0 bridgehead atoms. The molecule has 3 rings (SSSR count). The summed E-state index contributed by atoms with van der Waals surface area (Å²) in [5.41, 5.74) is 1.86.